The highest BCUT2D eigenvalue weighted by Crippen LogP contribution is 2.26. The van der Waals surface area contributed by atoms with Crippen LogP contribution < -0.4 is 10.2 Å². The average molecular weight is 499 g/mol. The normalized spacial score (nSPS) is 25.2. The fraction of sp³-hybridized carbons (Fsp3) is 0.615. The van der Waals surface area contributed by atoms with Crippen molar-refractivity contribution < 1.29 is 8.42 Å². The van der Waals surface area contributed by atoms with E-state index in [9.17, 15) is 8.42 Å². The predicted molar refractivity (Wildman–Crippen MR) is 139 cm³/mol. The number of benzene rings is 1. The number of aromatic nitrogens is 2. The van der Waals surface area contributed by atoms with E-state index < -0.39 is 10.0 Å². The largest absolute Gasteiger partial charge is 0.356 e. The summed E-state index contributed by atoms with van der Waals surface area (Å²) in [6.07, 6.45) is 11.0. The number of anilines is 2. The second-order valence-electron chi connectivity index (χ2n) is 10.1. The van der Waals surface area contributed by atoms with E-state index in [1.165, 1.54) is 25.7 Å². The Kier molecular flexibility index (Phi) is 7.84. The molecule has 190 valence electrons. The fourth-order valence-corrected chi connectivity index (χ4v) is 7.25. The number of hydrogen-bond acceptors (Lipinski definition) is 7. The van der Waals surface area contributed by atoms with Gasteiger partial charge in [-0.2, -0.15) is 9.29 Å². The third-order valence-corrected chi connectivity index (χ3v) is 9.49. The van der Waals surface area contributed by atoms with Crippen molar-refractivity contribution in [1.82, 2.24) is 19.2 Å². The minimum absolute atomic E-state index is 0.246. The van der Waals surface area contributed by atoms with Crippen LogP contribution in [0.5, 0.6) is 0 Å². The van der Waals surface area contributed by atoms with Crippen molar-refractivity contribution in [2.24, 2.45) is 0 Å². The number of piperidine rings is 2. The van der Waals surface area contributed by atoms with E-state index in [-0.39, 0.29) is 12.1 Å². The quantitative estimate of drug-likeness (QED) is 0.652. The molecule has 0 radical (unpaired) electrons. The zero-order chi connectivity index (χ0) is 24.1. The molecule has 1 aromatic heterocycles. The molecular weight excluding hydrogens is 460 g/mol. The minimum Gasteiger partial charge on any atom is -0.356 e. The SMILES string of the molecule is O=S(=O)(c1ccccc1)N1CCCC(N2CCCC(Nc3nccc(N4CCCCCC4)n3)C2)C1. The second-order valence-corrected chi connectivity index (χ2v) is 12.0. The van der Waals surface area contributed by atoms with Crippen molar-refractivity contribution >= 4 is 21.8 Å². The van der Waals surface area contributed by atoms with Gasteiger partial charge in [-0.3, -0.25) is 4.90 Å². The Morgan fingerprint density at radius 3 is 2.40 bits per heavy atom. The fourth-order valence-electron chi connectivity index (χ4n) is 5.71. The molecule has 3 aliphatic heterocycles. The van der Waals surface area contributed by atoms with Gasteiger partial charge < -0.3 is 10.2 Å². The van der Waals surface area contributed by atoms with Crippen LogP contribution in [0.15, 0.2) is 47.5 Å². The lowest BCUT2D eigenvalue weighted by atomic mass is 9.99. The molecule has 2 atom stereocenters. The molecule has 1 N–H and O–H groups in total. The zero-order valence-electron chi connectivity index (χ0n) is 20.6. The lowest BCUT2D eigenvalue weighted by Crippen LogP contribution is -2.54. The highest BCUT2D eigenvalue weighted by atomic mass is 32.2. The molecule has 4 heterocycles. The molecule has 5 rings (SSSR count). The summed E-state index contributed by atoms with van der Waals surface area (Å²) < 4.78 is 28.0. The first-order valence-corrected chi connectivity index (χ1v) is 14.7. The Labute approximate surface area is 209 Å². The van der Waals surface area contributed by atoms with E-state index in [4.69, 9.17) is 4.98 Å². The molecule has 0 amide bonds. The Bertz CT molecular complexity index is 1060. The van der Waals surface area contributed by atoms with Gasteiger partial charge in [-0.1, -0.05) is 31.0 Å². The van der Waals surface area contributed by atoms with Gasteiger partial charge in [0, 0.05) is 51.0 Å². The van der Waals surface area contributed by atoms with Gasteiger partial charge in [0.15, 0.2) is 0 Å². The molecule has 0 bridgehead atoms. The maximum atomic E-state index is 13.2. The molecule has 0 spiro atoms. The van der Waals surface area contributed by atoms with Crippen LogP contribution >= 0.6 is 0 Å². The van der Waals surface area contributed by atoms with Crippen molar-refractivity contribution in [3.63, 3.8) is 0 Å². The van der Waals surface area contributed by atoms with E-state index in [2.05, 4.69) is 20.1 Å². The van der Waals surface area contributed by atoms with Gasteiger partial charge >= 0.3 is 0 Å². The van der Waals surface area contributed by atoms with Gasteiger partial charge in [0.05, 0.1) is 4.90 Å². The first-order chi connectivity index (χ1) is 17.1. The first kappa shape index (κ1) is 24.5. The van der Waals surface area contributed by atoms with Crippen LogP contribution in [0.3, 0.4) is 0 Å². The van der Waals surface area contributed by atoms with Crippen molar-refractivity contribution in [3.05, 3.63) is 42.6 Å². The van der Waals surface area contributed by atoms with Gasteiger partial charge in [-0.25, -0.2) is 13.4 Å². The van der Waals surface area contributed by atoms with E-state index in [1.807, 2.05) is 18.3 Å². The van der Waals surface area contributed by atoms with Crippen LogP contribution in [-0.4, -0.2) is 78.9 Å². The minimum atomic E-state index is -3.45. The number of rotatable bonds is 6. The molecule has 2 unspecified atom stereocenters. The van der Waals surface area contributed by atoms with Crippen molar-refractivity contribution in [2.75, 3.05) is 49.5 Å². The third kappa shape index (κ3) is 5.95. The van der Waals surface area contributed by atoms with E-state index in [1.54, 1.807) is 28.6 Å². The highest BCUT2D eigenvalue weighted by molar-refractivity contribution is 7.89. The molecule has 3 aliphatic rings. The van der Waals surface area contributed by atoms with Crippen LogP contribution in [0, 0.1) is 0 Å². The smallest absolute Gasteiger partial charge is 0.243 e. The van der Waals surface area contributed by atoms with Crippen molar-refractivity contribution in [2.45, 2.75) is 68.3 Å². The summed E-state index contributed by atoms with van der Waals surface area (Å²) in [5, 5.41) is 3.59. The second kappa shape index (κ2) is 11.2. The van der Waals surface area contributed by atoms with E-state index in [0.29, 0.717) is 23.9 Å². The van der Waals surface area contributed by atoms with Crippen LogP contribution in [0.2, 0.25) is 0 Å². The van der Waals surface area contributed by atoms with Gasteiger partial charge in [-0.15, -0.1) is 0 Å². The van der Waals surface area contributed by atoms with Crippen LogP contribution in [-0.2, 0) is 10.0 Å². The zero-order valence-corrected chi connectivity index (χ0v) is 21.4. The van der Waals surface area contributed by atoms with Crippen LogP contribution in [0.25, 0.3) is 0 Å². The van der Waals surface area contributed by atoms with E-state index >= 15 is 0 Å². The summed E-state index contributed by atoms with van der Waals surface area (Å²) >= 11 is 0. The van der Waals surface area contributed by atoms with Gasteiger partial charge in [0.1, 0.15) is 5.82 Å². The molecule has 8 nitrogen and oxygen atoms in total. The molecule has 2 aromatic rings. The molecule has 1 aromatic carbocycles. The molecule has 3 saturated heterocycles. The predicted octanol–water partition coefficient (Wildman–Crippen LogP) is 3.59. The summed E-state index contributed by atoms with van der Waals surface area (Å²) in [7, 11) is -3.45. The Hall–Kier alpha value is -2.23. The maximum absolute atomic E-state index is 13.2. The van der Waals surface area contributed by atoms with Gasteiger partial charge in [0.2, 0.25) is 16.0 Å². The summed E-state index contributed by atoms with van der Waals surface area (Å²) in [4.78, 5) is 14.6. The number of nitrogens with one attached hydrogen (secondary N) is 1. The van der Waals surface area contributed by atoms with Gasteiger partial charge in [-0.05, 0) is 63.3 Å². The number of hydrogen-bond donors (Lipinski definition) is 1. The first-order valence-electron chi connectivity index (χ1n) is 13.2. The molecule has 9 heteroatoms. The molecule has 35 heavy (non-hydrogen) atoms. The average Bonchev–Trinajstić information content (AvgIpc) is 3.20. The lowest BCUT2D eigenvalue weighted by Gasteiger charge is -2.42. The topological polar surface area (TPSA) is 81.7 Å². The Morgan fingerprint density at radius 1 is 0.829 bits per heavy atom. The summed E-state index contributed by atoms with van der Waals surface area (Å²) in [6.45, 7) is 5.19. The molecular formula is C26H38N6O2S. The Morgan fingerprint density at radius 2 is 1.60 bits per heavy atom. The van der Waals surface area contributed by atoms with Crippen molar-refractivity contribution in [1.29, 1.82) is 0 Å². The molecule has 0 saturated carbocycles. The Balaban J connectivity index is 1.21. The summed E-state index contributed by atoms with van der Waals surface area (Å²) in [5.41, 5.74) is 0. The van der Waals surface area contributed by atoms with Gasteiger partial charge in [0.25, 0.3) is 0 Å². The third-order valence-electron chi connectivity index (χ3n) is 7.61. The van der Waals surface area contributed by atoms with Crippen molar-refractivity contribution in [3.8, 4) is 0 Å². The standard InChI is InChI=1S/C26H38N6O2S/c33-35(34,24-12-4-3-5-13-24)32-19-9-11-23(21-32)31-18-8-10-22(20-31)28-26-27-15-14-25(29-26)30-16-6-1-2-7-17-30/h3-5,12-15,22-23H,1-2,6-11,16-21H2,(H,27,28,29). The molecule has 0 aliphatic carbocycles. The number of likely N-dealkylation sites (tertiary alicyclic amines) is 1. The molecule has 3 fully saturated rings. The highest BCUT2D eigenvalue weighted by Gasteiger charge is 2.34. The number of sulfonamides is 1. The number of nitrogens with zero attached hydrogens (tertiary/aromatic N) is 5. The lowest BCUT2D eigenvalue weighted by molar-refractivity contribution is 0.108. The monoisotopic (exact) mass is 498 g/mol. The summed E-state index contributed by atoms with van der Waals surface area (Å²) in [5.74, 6) is 1.72. The maximum Gasteiger partial charge on any atom is 0.243 e. The van der Waals surface area contributed by atoms with Crippen LogP contribution in [0.1, 0.15) is 51.4 Å². The summed E-state index contributed by atoms with van der Waals surface area (Å²) in [6, 6.07) is 11.4. The van der Waals surface area contributed by atoms with E-state index in [0.717, 1.165) is 57.7 Å². The van der Waals surface area contributed by atoms with Crippen LogP contribution in [0.4, 0.5) is 11.8 Å².